The van der Waals surface area contributed by atoms with E-state index in [9.17, 15) is 0 Å². The van der Waals surface area contributed by atoms with Gasteiger partial charge >= 0.3 is 0 Å². The zero-order valence-corrected chi connectivity index (χ0v) is 32.7. The molecule has 2 aromatic heterocycles. The molecule has 0 aliphatic carbocycles. The first-order valence-electron chi connectivity index (χ1n) is 19.5. The molecule has 8 rings (SSSR count). The number of fused-ring (bicyclic) bond motifs is 1. The highest BCUT2D eigenvalue weighted by Gasteiger charge is 2.55. The quantitative estimate of drug-likeness (QED) is 0.104. The molecule has 7 aromatic rings. The van der Waals surface area contributed by atoms with Crippen LogP contribution in [0, 0.1) is 0 Å². The molecule has 0 spiro atoms. The Labute approximate surface area is 334 Å². The van der Waals surface area contributed by atoms with Crippen molar-refractivity contribution in [1.29, 1.82) is 0 Å². The molecule has 57 heavy (non-hydrogen) atoms. The van der Waals surface area contributed by atoms with Crippen molar-refractivity contribution < 1.29 is 18.9 Å². The molecule has 1 N–H and O–H groups in total. The van der Waals surface area contributed by atoms with Crippen molar-refractivity contribution in [3.8, 4) is 11.1 Å². The Morgan fingerprint density at radius 2 is 1.26 bits per heavy atom. The molecule has 1 fully saturated rings. The number of aromatic nitrogens is 3. The van der Waals surface area contributed by atoms with Crippen LogP contribution in [0.5, 0.6) is 0 Å². The fourth-order valence-corrected chi connectivity index (χ4v) is 7.56. The Balaban J connectivity index is 1.21. The van der Waals surface area contributed by atoms with Crippen LogP contribution in [0.2, 0.25) is 0 Å². The maximum atomic E-state index is 7.24. The van der Waals surface area contributed by atoms with Crippen molar-refractivity contribution in [2.24, 2.45) is 0 Å². The van der Waals surface area contributed by atoms with Gasteiger partial charge in [-0.05, 0) is 61.0 Å². The SMILES string of the molecule is CN(C)Cc1ccc(Nc2ncnc3c2c(-c2ccccc2)cn3[C@@H]2O[C@](C)(COCc3ccccc3)[C@H](OCc3ccccc3)[C@@H]2OCc2ccccc2)cc1. The normalized spacial score (nSPS) is 19.3. The van der Waals surface area contributed by atoms with E-state index >= 15 is 0 Å². The summed E-state index contributed by atoms with van der Waals surface area (Å²) in [7, 11) is 4.14. The summed E-state index contributed by atoms with van der Waals surface area (Å²) in [6.07, 6.45) is 2.03. The Morgan fingerprint density at radius 1 is 0.684 bits per heavy atom. The Hall–Kier alpha value is -5.68. The van der Waals surface area contributed by atoms with Crippen molar-refractivity contribution >= 4 is 22.5 Å². The second-order valence-electron chi connectivity index (χ2n) is 15.1. The highest BCUT2D eigenvalue weighted by atomic mass is 16.6. The fourth-order valence-electron chi connectivity index (χ4n) is 7.56. The monoisotopic (exact) mass is 759 g/mol. The maximum absolute atomic E-state index is 7.24. The van der Waals surface area contributed by atoms with E-state index in [1.807, 2.05) is 72.8 Å². The number of hydrogen-bond acceptors (Lipinski definition) is 8. The summed E-state index contributed by atoms with van der Waals surface area (Å²) in [5.41, 5.74) is 7.18. The molecule has 1 aliphatic rings. The van der Waals surface area contributed by atoms with Gasteiger partial charge in [0, 0.05) is 24.0 Å². The Morgan fingerprint density at radius 3 is 1.88 bits per heavy atom. The highest BCUT2D eigenvalue weighted by molar-refractivity contribution is 6.02. The lowest BCUT2D eigenvalue weighted by Gasteiger charge is -2.31. The predicted octanol–water partition coefficient (Wildman–Crippen LogP) is 9.58. The number of ether oxygens (including phenoxy) is 4. The van der Waals surface area contributed by atoms with Gasteiger partial charge in [0.15, 0.2) is 6.23 Å². The predicted molar refractivity (Wildman–Crippen MR) is 225 cm³/mol. The molecule has 0 saturated carbocycles. The fraction of sp³-hybridized carbons (Fsp3) is 0.250. The van der Waals surface area contributed by atoms with Gasteiger partial charge in [0.05, 0.1) is 31.8 Å². The first kappa shape index (κ1) is 38.2. The molecule has 0 bridgehead atoms. The molecule has 0 radical (unpaired) electrons. The van der Waals surface area contributed by atoms with Crippen LogP contribution in [0.1, 0.15) is 35.4 Å². The summed E-state index contributed by atoms with van der Waals surface area (Å²) in [5, 5.41) is 4.49. The number of nitrogens with one attached hydrogen (secondary N) is 1. The average Bonchev–Trinajstić information content (AvgIpc) is 3.76. The highest BCUT2D eigenvalue weighted by Crippen LogP contribution is 2.45. The van der Waals surface area contributed by atoms with Crippen LogP contribution < -0.4 is 5.32 Å². The zero-order valence-electron chi connectivity index (χ0n) is 32.7. The minimum Gasteiger partial charge on any atom is -0.374 e. The molecule has 0 unspecified atom stereocenters. The van der Waals surface area contributed by atoms with Crippen molar-refractivity contribution in [1.82, 2.24) is 19.4 Å². The maximum Gasteiger partial charge on any atom is 0.165 e. The lowest BCUT2D eigenvalue weighted by atomic mass is 9.97. The standard InChI is InChI=1S/C48H49N5O4/c1-48(33-54-30-36-16-8-4-9-17-36)44(56-32-38-20-12-6-13-21-38)43(55-31-37-18-10-5-11-19-37)47(57-48)53-29-41(39-22-14-7-15-23-39)42-45(49-34-50-46(42)53)51-40-26-24-35(25-27-40)28-52(2)3/h4-27,29,34,43-44,47H,28,30-33H2,1-3H3,(H,49,50,51)/t43-,44+,47+,48+/m0/s1. The molecule has 5 aromatic carbocycles. The summed E-state index contributed by atoms with van der Waals surface area (Å²) in [5.74, 6) is 0.698. The van der Waals surface area contributed by atoms with Gasteiger partial charge in [-0.1, -0.05) is 133 Å². The van der Waals surface area contributed by atoms with Crippen LogP contribution in [0.15, 0.2) is 158 Å². The smallest absolute Gasteiger partial charge is 0.165 e. The average molecular weight is 760 g/mol. The van der Waals surface area contributed by atoms with Crippen LogP contribution in [0.25, 0.3) is 22.2 Å². The van der Waals surface area contributed by atoms with Gasteiger partial charge in [-0.15, -0.1) is 0 Å². The Bertz CT molecular complexity index is 2320. The van der Waals surface area contributed by atoms with Gasteiger partial charge in [0.1, 0.15) is 35.6 Å². The third-order valence-electron chi connectivity index (χ3n) is 10.3. The van der Waals surface area contributed by atoms with E-state index < -0.39 is 24.0 Å². The van der Waals surface area contributed by atoms with Gasteiger partial charge in [-0.25, -0.2) is 9.97 Å². The molecular formula is C48H49N5O4. The minimum absolute atomic E-state index is 0.277. The van der Waals surface area contributed by atoms with E-state index in [2.05, 4.69) is 115 Å². The summed E-state index contributed by atoms with van der Waals surface area (Å²) < 4.78 is 29.7. The molecule has 1 aliphatic heterocycles. The zero-order chi connectivity index (χ0) is 39.0. The lowest BCUT2D eigenvalue weighted by molar-refractivity contribution is -0.146. The van der Waals surface area contributed by atoms with Crippen LogP contribution in [0.4, 0.5) is 11.5 Å². The van der Waals surface area contributed by atoms with Crippen molar-refractivity contribution in [3.05, 3.63) is 180 Å². The molecule has 0 amide bonds. The third kappa shape index (κ3) is 8.99. The van der Waals surface area contributed by atoms with Gasteiger partial charge in [0.2, 0.25) is 0 Å². The minimum atomic E-state index is -0.901. The topological polar surface area (TPSA) is 82.9 Å². The van der Waals surface area contributed by atoms with Crippen molar-refractivity contribution in [2.45, 2.75) is 57.3 Å². The second kappa shape index (κ2) is 17.6. The third-order valence-corrected chi connectivity index (χ3v) is 10.3. The van der Waals surface area contributed by atoms with Crippen LogP contribution >= 0.6 is 0 Å². The molecule has 290 valence electrons. The van der Waals surface area contributed by atoms with Crippen LogP contribution in [-0.2, 0) is 45.3 Å². The molecule has 4 atom stereocenters. The van der Waals surface area contributed by atoms with Crippen molar-refractivity contribution in [3.63, 3.8) is 0 Å². The summed E-state index contributed by atoms with van der Waals surface area (Å²) in [4.78, 5) is 11.9. The van der Waals surface area contributed by atoms with E-state index in [1.54, 1.807) is 6.33 Å². The molecular weight excluding hydrogens is 711 g/mol. The second-order valence-corrected chi connectivity index (χ2v) is 15.1. The summed E-state index contributed by atoms with van der Waals surface area (Å²) >= 11 is 0. The largest absolute Gasteiger partial charge is 0.374 e. The van der Waals surface area contributed by atoms with E-state index in [1.165, 1.54) is 5.56 Å². The van der Waals surface area contributed by atoms with E-state index in [0.29, 0.717) is 31.3 Å². The molecule has 1 saturated heterocycles. The molecule has 9 nitrogen and oxygen atoms in total. The van der Waals surface area contributed by atoms with Gasteiger partial charge in [-0.2, -0.15) is 0 Å². The number of anilines is 2. The lowest BCUT2D eigenvalue weighted by Crippen LogP contribution is -2.46. The first-order chi connectivity index (χ1) is 27.9. The number of rotatable bonds is 16. The van der Waals surface area contributed by atoms with Gasteiger partial charge in [0.25, 0.3) is 0 Å². The number of nitrogens with zero attached hydrogens (tertiary/aromatic N) is 4. The number of benzene rings is 5. The molecule has 9 heteroatoms. The van der Waals surface area contributed by atoms with Crippen LogP contribution in [-0.4, -0.2) is 57.9 Å². The van der Waals surface area contributed by atoms with E-state index in [0.717, 1.165) is 45.4 Å². The van der Waals surface area contributed by atoms with Gasteiger partial charge < -0.3 is 33.7 Å². The van der Waals surface area contributed by atoms with Gasteiger partial charge in [-0.3, -0.25) is 0 Å². The van der Waals surface area contributed by atoms with E-state index in [-0.39, 0.29) is 6.61 Å². The summed E-state index contributed by atoms with van der Waals surface area (Å²) in [6.45, 7) is 4.40. The Kier molecular flexibility index (Phi) is 11.8. The van der Waals surface area contributed by atoms with E-state index in [4.69, 9.17) is 28.9 Å². The van der Waals surface area contributed by atoms with Crippen molar-refractivity contribution in [2.75, 3.05) is 26.0 Å². The molecule has 3 heterocycles. The summed E-state index contributed by atoms with van der Waals surface area (Å²) in [6, 6.07) is 49.4. The first-order valence-corrected chi connectivity index (χ1v) is 19.5. The van der Waals surface area contributed by atoms with Crippen LogP contribution in [0.3, 0.4) is 0 Å². The number of hydrogen-bond donors (Lipinski definition) is 1.